The highest BCUT2D eigenvalue weighted by molar-refractivity contribution is 7.17. The van der Waals surface area contributed by atoms with E-state index in [1.807, 2.05) is 32.9 Å². The van der Waals surface area contributed by atoms with Crippen molar-refractivity contribution in [3.8, 4) is 17.2 Å². The van der Waals surface area contributed by atoms with E-state index in [2.05, 4.69) is 0 Å². The number of methoxy groups -OCH3 is 2. The van der Waals surface area contributed by atoms with Gasteiger partial charge in [-0.1, -0.05) is 17.7 Å². The maximum atomic E-state index is 13.1. The third kappa shape index (κ3) is 3.26. The number of benzene rings is 2. The Labute approximate surface area is 142 Å². The van der Waals surface area contributed by atoms with Gasteiger partial charge in [-0.2, -0.15) is 0 Å². The molecule has 0 N–H and O–H groups in total. The van der Waals surface area contributed by atoms with Crippen molar-refractivity contribution in [2.75, 3.05) is 14.2 Å². The highest BCUT2D eigenvalue weighted by Gasteiger charge is 2.24. The predicted molar refractivity (Wildman–Crippen MR) is 91.9 cm³/mol. The molecule has 24 heavy (non-hydrogen) atoms. The van der Waals surface area contributed by atoms with Gasteiger partial charge < -0.3 is 14.0 Å². The van der Waals surface area contributed by atoms with Crippen molar-refractivity contribution >= 4 is 14.5 Å². The molecule has 0 aromatic heterocycles. The highest BCUT2D eigenvalue weighted by atomic mass is 31.1. The van der Waals surface area contributed by atoms with E-state index in [-0.39, 0.29) is 23.0 Å². The molecule has 6 heteroatoms. The van der Waals surface area contributed by atoms with E-state index in [1.54, 1.807) is 12.1 Å². The lowest BCUT2D eigenvalue weighted by atomic mass is 9.92. The van der Waals surface area contributed by atoms with E-state index in [0.717, 1.165) is 16.7 Å². The maximum Gasteiger partial charge on any atom is 0.395 e. The average Bonchev–Trinajstić information content (AvgIpc) is 2.53. The lowest BCUT2D eigenvalue weighted by Crippen LogP contribution is -2.09. The molecule has 0 atom stereocenters. The summed E-state index contributed by atoms with van der Waals surface area (Å²) in [4.78, 5) is 13.1. The van der Waals surface area contributed by atoms with Gasteiger partial charge in [0.1, 0.15) is 0 Å². The molecule has 0 aliphatic carbocycles. The Balaban J connectivity index is 2.64. The second-order valence-corrected chi connectivity index (χ2v) is 5.78. The molecule has 2 rings (SSSR count). The minimum atomic E-state index is -0.515. The third-order valence-electron chi connectivity index (χ3n) is 3.77. The van der Waals surface area contributed by atoms with Crippen LogP contribution in [0.3, 0.4) is 0 Å². The van der Waals surface area contributed by atoms with Gasteiger partial charge >= 0.3 is 8.69 Å². The summed E-state index contributed by atoms with van der Waals surface area (Å²) in [7, 11) is 2.37. The molecular formula is C18H19O5P. The smallest absolute Gasteiger partial charge is 0.395 e. The van der Waals surface area contributed by atoms with Crippen LogP contribution in [-0.2, 0) is 4.57 Å². The molecule has 0 aliphatic rings. The number of rotatable bonds is 6. The van der Waals surface area contributed by atoms with Crippen molar-refractivity contribution in [2.24, 2.45) is 0 Å². The van der Waals surface area contributed by atoms with Crippen molar-refractivity contribution in [3.05, 3.63) is 52.1 Å². The molecular weight excluding hydrogens is 327 g/mol. The molecule has 0 unspecified atom stereocenters. The molecule has 2 aromatic rings. The molecule has 2 aromatic carbocycles. The first kappa shape index (κ1) is 18.0. The summed E-state index contributed by atoms with van der Waals surface area (Å²) in [6.07, 6.45) is 0. The summed E-state index contributed by atoms with van der Waals surface area (Å²) < 4.78 is 26.3. The van der Waals surface area contributed by atoms with Crippen LogP contribution in [-0.4, -0.2) is 20.0 Å². The minimum Gasteiger partial charge on any atom is -0.492 e. The molecule has 126 valence electrons. The van der Waals surface area contributed by atoms with Gasteiger partial charge in [-0.3, -0.25) is 4.79 Å². The van der Waals surface area contributed by atoms with Gasteiger partial charge in [0.2, 0.25) is 5.75 Å². The summed E-state index contributed by atoms with van der Waals surface area (Å²) in [6, 6.07) is 7.07. The summed E-state index contributed by atoms with van der Waals surface area (Å²) in [5.41, 5.74) is 3.90. The molecule has 0 saturated heterocycles. The van der Waals surface area contributed by atoms with Crippen LogP contribution >= 0.6 is 8.69 Å². The van der Waals surface area contributed by atoms with Gasteiger partial charge in [-0.25, -0.2) is 4.57 Å². The maximum absolute atomic E-state index is 13.1. The normalized spacial score (nSPS) is 10.5. The fourth-order valence-corrected chi connectivity index (χ4v) is 3.13. The highest BCUT2D eigenvalue weighted by Crippen LogP contribution is 2.42. The van der Waals surface area contributed by atoms with E-state index >= 15 is 0 Å². The zero-order valence-corrected chi connectivity index (χ0v) is 15.2. The molecule has 0 radical (unpaired) electrons. The minimum absolute atomic E-state index is 0.161. The molecule has 0 amide bonds. The van der Waals surface area contributed by atoms with Crippen LogP contribution in [0.2, 0.25) is 0 Å². The molecule has 0 spiro atoms. The van der Waals surface area contributed by atoms with Crippen molar-refractivity contribution in [1.82, 2.24) is 0 Å². The number of hydrogen-bond donors (Lipinski definition) is 0. The number of ether oxygens (including phenoxy) is 2. The Kier molecular flexibility index (Phi) is 5.58. The lowest BCUT2D eigenvalue weighted by Gasteiger charge is -2.16. The Bertz CT molecular complexity index is 775. The van der Waals surface area contributed by atoms with Gasteiger partial charge in [0.05, 0.1) is 19.8 Å². The first-order valence-corrected chi connectivity index (χ1v) is 8.04. The molecule has 0 bridgehead atoms. The summed E-state index contributed by atoms with van der Waals surface area (Å²) >= 11 is 0. The number of carbonyl (C=O) groups is 1. The van der Waals surface area contributed by atoms with Gasteiger partial charge in [-0.05, 0) is 44.0 Å². The van der Waals surface area contributed by atoms with Gasteiger partial charge in [0, 0.05) is 5.56 Å². The van der Waals surface area contributed by atoms with Crippen molar-refractivity contribution < 1.29 is 23.4 Å². The van der Waals surface area contributed by atoms with E-state index in [9.17, 15) is 9.36 Å². The van der Waals surface area contributed by atoms with Crippen molar-refractivity contribution in [1.29, 1.82) is 0 Å². The van der Waals surface area contributed by atoms with Crippen LogP contribution in [0, 0.1) is 20.8 Å². The molecule has 5 nitrogen and oxygen atoms in total. The number of carbonyl (C=O) groups excluding carboxylic acids is 1. The van der Waals surface area contributed by atoms with E-state index < -0.39 is 8.69 Å². The molecule has 0 heterocycles. The van der Waals surface area contributed by atoms with Crippen LogP contribution in [0.5, 0.6) is 17.2 Å². The second-order valence-electron chi connectivity index (χ2n) is 5.45. The number of aryl methyl sites for hydroxylation is 3. The van der Waals surface area contributed by atoms with Crippen molar-refractivity contribution in [2.45, 2.75) is 20.8 Å². The van der Waals surface area contributed by atoms with E-state index in [0.29, 0.717) is 11.1 Å². The largest absolute Gasteiger partial charge is 0.492 e. The Hall–Kier alpha value is -2.39. The average molecular weight is 346 g/mol. The van der Waals surface area contributed by atoms with Crippen LogP contribution in [0.1, 0.15) is 32.6 Å². The molecule has 0 fully saturated rings. The summed E-state index contributed by atoms with van der Waals surface area (Å²) in [5, 5.41) is 0. The number of ketones is 1. The second kappa shape index (κ2) is 7.45. The Morgan fingerprint density at radius 1 is 0.958 bits per heavy atom. The monoisotopic (exact) mass is 346 g/mol. The van der Waals surface area contributed by atoms with Gasteiger partial charge in [-0.15, -0.1) is 0 Å². The van der Waals surface area contributed by atoms with Crippen molar-refractivity contribution in [3.63, 3.8) is 0 Å². The van der Waals surface area contributed by atoms with Crippen LogP contribution in [0.4, 0.5) is 0 Å². The van der Waals surface area contributed by atoms with Crippen LogP contribution < -0.4 is 14.0 Å². The fourth-order valence-electron chi connectivity index (χ4n) is 2.90. The topological polar surface area (TPSA) is 61.8 Å². The van der Waals surface area contributed by atoms with E-state index in [1.165, 1.54) is 14.2 Å². The fraction of sp³-hybridized carbons (Fsp3) is 0.278. The zero-order chi connectivity index (χ0) is 17.9. The van der Waals surface area contributed by atoms with E-state index in [4.69, 9.17) is 14.0 Å². The third-order valence-corrected chi connectivity index (χ3v) is 4.04. The zero-order valence-electron chi connectivity index (χ0n) is 14.3. The number of hydrogen-bond acceptors (Lipinski definition) is 5. The Morgan fingerprint density at radius 3 is 2.04 bits per heavy atom. The van der Waals surface area contributed by atoms with Gasteiger partial charge in [0.25, 0.3) is 0 Å². The molecule has 0 saturated carbocycles. The first-order valence-electron chi connectivity index (χ1n) is 7.31. The SMILES string of the molecule is COc1c(OP=O)ccc(C(=O)c2c(C)cc(C)cc2C)c1OC. The Morgan fingerprint density at radius 2 is 1.54 bits per heavy atom. The first-order chi connectivity index (χ1) is 11.4. The molecule has 0 aliphatic heterocycles. The van der Waals surface area contributed by atoms with Crippen LogP contribution in [0.15, 0.2) is 24.3 Å². The van der Waals surface area contributed by atoms with Crippen LogP contribution in [0.25, 0.3) is 0 Å². The summed E-state index contributed by atoms with van der Waals surface area (Å²) in [6.45, 7) is 5.81. The quantitative estimate of drug-likeness (QED) is 0.571. The standard InChI is InChI=1S/C18H19O5P/c1-10-8-11(2)15(12(3)9-10)16(19)13-6-7-14(23-24-20)18(22-5)17(13)21-4/h6-9H,1-5H3. The van der Waals surface area contributed by atoms with Gasteiger partial charge in [0.15, 0.2) is 17.3 Å². The summed E-state index contributed by atoms with van der Waals surface area (Å²) in [5.74, 6) is 0.559. The lowest BCUT2D eigenvalue weighted by molar-refractivity contribution is 0.103. The predicted octanol–water partition coefficient (Wildman–Crippen LogP) is 4.45.